The number of hydrogen-bond donors (Lipinski definition) is 1. The van der Waals surface area contributed by atoms with Crippen molar-refractivity contribution < 1.29 is 8.42 Å². The van der Waals surface area contributed by atoms with Gasteiger partial charge in [0.25, 0.3) is 0 Å². The number of nitrogens with two attached hydrogens (primary N) is 1. The predicted molar refractivity (Wildman–Crippen MR) is 54.6 cm³/mol. The fourth-order valence-electron chi connectivity index (χ4n) is 1.76. The molecule has 2 rings (SSSR count). The highest BCUT2D eigenvalue weighted by Crippen LogP contribution is 2.34. The molecule has 0 aromatic heterocycles. The molecule has 2 N–H and O–H groups in total. The van der Waals surface area contributed by atoms with Crippen molar-refractivity contribution in [1.82, 2.24) is 0 Å². The van der Waals surface area contributed by atoms with Crippen LogP contribution in [0.2, 0.25) is 0 Å². The third-order valence-corrected chi connectivity index (χ3v) is 4.44. The van der Waals surface area contributed by atoms with Crippen LogP contribution in [0.25, 0.3) is 0 Å². The minimum Gasteiger partial charge on any atom is -0.310 e. The third-order valence-electron chi connectivity index (χ3n) is 2.67. The van der Waals surface area contributed by atoms with Gasteiger partial charge in [-0.1, -0.05) is 18.2 Å². The van der Waals surface area contributed by atoms with E-state index in [4.69, 9.17) is 11.0 Å². The van der Waals surface area contributed by atoms with Gasteiger partial charge in [-0.15, -0.1) is 0 Å². The van der Waals surface area contributed by atoms with E-state index < -0.39 is 15.4 Å². The van der Waals surface area contributed by atoms with E-state index in [9.17, 15) is 8.42 Å². The Hall–Kier alpha value is -1.38. The largest absolute Gasteiger partial charge is 0.310 e. The zero-order valence-electron chi connectivity index (χ0n) is 7.97. The van der Waals surface area contributed by atoms with Crippen LogP contribution < -0.4 is 5.73 Å². The molecular weight excluding hydrogens is 212 g/mol. The highest BCUT2D eigenvalue weighted by molar-refractivity contribution is 7.91. The van der Waals surface area contributed by atoms with Gasteiger partial charge in [-0.3, -0.25) is 0 Å². The lowest BCUT2D eigenvalue weighted by Gasteiger charge is -2.28. The van der Waals surface area contributed by atoms with Gasteiger partial charge < -0.3 is 5.73 Å². The third kappa shape index (κ3) is 1.42. The quantitative estimate of drug-likeness (QED) is 0.694. The summed E-state index contributed by atoms with van der Waals surface area (Å²) < 4.78 is 23.4. The Labute approximate surface area is 88.2 Å². The smallest absolute Gasteiger partial charge is 0.178 e. The van der Waals surface area contributed by atoms with Gasteiger partial charge in [0.05, 0.1) is 16.7 Å². The first kappa shape index (κ1) is 10.1. The Balaban J connectivity index is 2.76. The second-order valence-corrected chi connectivity index (χ2v) is 5.73. The van der Waals surface area contributed by atoms with Crippen molar-refractivity contribution in [3.8, 4) is 6.07 Å². The van der Waals surface area contributed by atoms with Crippen LogP contribution in [0.1, 0.15) is 12.0 Å². The van der Waals surface area contributed by atoms with Crippen molar-refractivity contribution in [2.75, 3.05) is 5.75 Å². The van der Waals surface area contributed by atoms with Gasteiger partial charge in [0.15, 0.2) is 9.84 Å². The topological polar surface area (TPSA) is 83.9 Å². The van der Waals surface area contributed by atoms with E-state index in [1.807, 2.05) is 6.07 Å². The van der Waals surface area contributed by atoms with Crippen LogP contribution in [-0.4, -0.2) is 14.2 Å². The molecule has 1 unspecified atom stereocenters. The van der Waals surface area contributed by atoms with Gasteiger partial charge in [0.2, 0.25) is 0 Å². The van der Waals surface area contributed by atoms with Gasteiger partial charge in [-0.2, -0.15) is 5.26 Å². The summed E-state index contributed by atoms with van der Waals surface area (Å²) in [7, 11) is -3.25. The summed E-state index contributed by atoms with van der Waals surface area (Å²) in [6.07, 6.45) is 0.156. The van der Waals surface area contributed by atoms with Gasteiger partial charge in [-0.05, 0) is 12.5 Å². The Morgan fingerprint density at radius 3 is 2.73 bits per heavy atom. The second-order valence-electron chi connectivity index (χ2n) is 3.65. The maximum Gasteiger partial charge on any atom is 0.178 e. The summed E-state index contributed by atoms with van der Waals surface area (Å²) in [4.78, 5) is 0.195. The van der Waals surface area contributed by atoms with E-state index in [-0.39, 0.29) is 17.1 Å². The number of nitriles is 1. The predicted octanol–water partition coefficient (Wildman–Crippen LogP) is 0.542. The van der Waals surface area contributed by atoms with Crippen LogP contribution in [0.5, 0.6) is 0 Å². The molecule has 0 aliphatic carbocycles. The zero-order valence-corrected chi connectivity index (χ0v) is 8.79. The van der Waals surface area contributed by atoms with Crippen molar-refractivity contribution in [2.24, 2.45) is 5.73 Å². The van der Waals surface area contributed by atoms with Crippen LogP contribution in [-0.2, 0) is 15.4 Å². The minimum absolute atomic E-state index is 0.0614. The summed E-state index contributed by atoms with van der Waals surface area (Å²) in [5, 5.41) is 9.00. The van der Waals surface area contributed by atoms with Crippen LogP contribution >= 0.6 is 0 Å². The molecule has 1 aliphatic heterocycles. The normalized spacial score (nSPS) is 27.7. The first-order valence-electron chi connectivity index (χ1n) is 4.52. The molecule has 0 saturated carbocycles. The zero-order chi connectivity index (χ0) is 11.1. The van der Waals surface area contributed by atoms with Crippen LogP contribution in [0.3, 0.4) is 0 Å². The van der Waals surface area contributed by atoms with Gasteiger partial charge in [0.1, 0.15) is 5.54 Å². The Morgan fingerprint density at radius 2 is 2.07 bits per heavy atom. The molecular formula is C10H10N2O2S. The van der Waals surface area contributed by atoms with Gasteiger partial charge >= 0.3 is 0 Å². The van der Waals surface area contributed by atoms with Crippen molar-refractivity contribution in [3.05, 3.63) is 29.8 Å². The van der Waals surface area contributed by atoms with Crippen LogP contribution in [0.4, 0.5) is 0 Å². The summed E-state index contributed by atoms with van der Waals surface area (Å²) in [6.45, 7) is 0. The lowest BCUT2D eigenvalue weighted by Crippen LogP contribution is -2.41. The number of fused-ring (bicyclic) bond motifs is 1. The van der Waals surface area contributed by atoms with Gasteiger partial charge in [-0.25, -0.2) is 8.42 Å². The molecule has 0 spiro atoms. The summed E-state index contributed by atoms with van der Waals surface area (Å²) in [5.41, 5.74) is 5.12. The Morgan fingerprint density at radius 1 is 1.40 bits per heavy atom. The molecule has 0 fully saturated rings. The van der Waals surface area contributed by atoms with E-state index in [2.05, 4.69) is 0 Å². The van der Waals surface area contributed by atoms with Crippen LogP contribution in [0, 0.1) is 11.3 Å². The van der Waals surface area contributed by atoms with Crippen molar-refractivity contribution in [2.45, 2.75) is 16.9 Å². The van der Waals surface area contributed by atoms with Crippen molar-refractivity contribution in [3.63, 3.8) is 0 Å². The van der Waals surface area contributed by atoms with E-state index in [0.29, 0.717) is 5.56 Å². The molecule has 78 valence electrons. The SMILES string of the molecule is N#CC1(N)CCS(=O)(=O)c2ccccc21. The molecule has 0 bridgehead atoms. The van der Waals surface area contributed by atoms with Crippen molar-refractivity contribution in [1.29, 1.82) is 5.26 Å². The Bertz CT molecular complexity index is 545. The number of sulfone groups is 1. The summed E-state index contributed by atoms with van der Waals surface area (Å²) >= 11 is 0. The average molecular weight is 222 g/mol. The molecule has 1 aromatic rings. The highest BCUT2D eigenvalue weighted by Gasteiger charge is 2.39. The fraction of sp³-hybridized carbons (Fsp3) is 0.300. The second kappa shape index (κ2) is 3.05. The molecule has 1 aromatic carbocycles. The highest BCUT2D eigenvalue weighted by atomic mass is 32.2. The summed E-state index contributed by atoms with van der Waals surface area (Å²) in [6, 6.07) is 8.43. The standard InChI is InChI=1S/C10H10N2O2S/c11-7-10(12)5-6-15(13,14)9-4-2-1-3-8(9)10/h1-4H,5-6,12H2. The van der Waals surface area contributed by atoms with Gasteiger partial charge in [0, 0.05) is 5.56 Å². The molecule has 15 heavy (non-hydrogen) atoms. The van der Waals surface area contributed by atoms with Crippen molar-refractivity contribution >= 4 is 9.84 Å². The molecule has 0 radical (unpaired) electrons. The molecule has 4 nitrogen and oxygen atoms in total. The first-order valence-corrected chi connectivity index (χ1v) is 6.17. The Kier molecular flexibility index (Phi) is 2.07. The molecule has 0 amide bonds. The minimum atomic E-state index is -3.25. The maximum absolute atomic E-state index is 11.7. The summed E-state index contributed by atoms with van der Waals surface area (Å²) in [5.74, 6) is -0.0614. The van der Waals surface area contributed by atoms with E-state index in [1.54, 1.807) is 18.2 Å². The van der Waals surface area contributed by atoms with E-state index >= 15 is 0 Å². The lowest BCUT2D eigenvalue weighted by atomic mass is 9.89. The first-order chi connectivity index (χ1) is 6.99. The lowest BCUT2D eigenvalue weighted by molar-refractivity contribution is 0.509. The molecule has 1 aliphatic rings. The maximum atomic E-state index is 11.7. The number of nitrogens with zero attached hydrogens (tertiary/aromatic N) is 1. The molecule has 1 heterocycles. The van der Waals surface area contributed by atoms with Crippen LogP contribution in [0.15, 0.2) is 29.2 Å². The van der Waals surface area contributed by atoms with E-state index in [0.717, 1.165) is 0 Å². The monoisotopic (exact) mass is 222 g/mol. The average Bonchev–Trinajstić information content (AvgIpc) is 2.25. The number of benzene rings is 1. The van der Waals surface area contributed by atoms with E-state index in [1.165, 1.54) is 6.07 Å². The number of hydrogen-bond acceptors (Lipinski definition) is 4. The molecule has 1 atom stereocenters. The molecule has 0 saturated heterocycles. The number of rotatable bonds is 0. The fourth-order valence-corrected chi connectivity index (χ4v) is 3.44. The molecule has 5 heteroatoms.